The van der Waals surface area contributed by atoms with Crippen LogP contribution in [0.3, 0.4) is 0 Å². The van der Waals surface area contributed by atoms with E-state index in [0.29, 0.717) is 0 Å². The highest BCUT2D eigenvalue weighted by Gasteiger charge is 1.70. The molecule has 0 rings (SSSR count). The summed E-state index contributed by atoms with van der Waals surface area (Å²) in [5, 5.41) is 15.2. The van der Waals surface area contributed by atoms with Crippen molar-refractivity contribution in [1.82, 2.24) is 0 Å². The van der Waals surface area contributed by atoms with E-state index < -0.39 is 6.29 Å². The van der Waals surface area contributed by atoms with Crippen LogP contribution < -0.4 is 0 Å². The van der Waals surface area contributed by atoms with Gasteiger partial charge in [-0.05, 0) is 6.92 Å². The Hall–Kier alpha value is 2.11. The minimum absolute atomic E-state index is 0. The second-order valence-corrected chi connectivity index (χ2v) is 0.632. The van der Waals surface area contributed by atoms with Crippen LogP contribution in [0.1, 0.15) is 6.92 Å². The number of halogens is 3. The fourth-order valence-corrected chi connectivity index (χ4v) is 0. The van der Waals surface area contributed by atoms with Crippen molar-refractivity contribution >= 4 is 71.9 Å². The van der Waals surface area contributed by atoms with Gasteiger partial charge < -0.3 is 10.2 Å². The molecule has 0 bridgehead atoms. The van der Waals surface area contributed by atoms with Gasteiger partial charge in [-0.15, -0.1) is 71.9 Å². The van der Waals surface area contributed by atoms with Gasteiger partial charge in [0.2, 0.25) is 0 Å². The van der Waals surface area contributed by atoms with Crippen molar-refractivity contribution in [2.24, 2.45) is 0 Å². The molecule has 2 N–H and O–H groups in total. The van der Waals surface area contributed by atoms with Crippen molar-refractivity contribution < 1.29 is 10.2 Å². The van der Waals surface area contributed by atoms with E-state index in [-0.39, 0.29) is 71.9 Å². The van der Waals surface area contributed by atoms with Crippen LogP contribution in [0.2, 0.25) is 0 Å². The Balaban J connectivity index is -0.0000000150. The van der Waals surface area contributed by atoms with Crippen LogP contribution in [-0.2, 0) is 0 Å². The van der Waals surface area contributed by atoms with Crippen molar-refractivity contribution in [3.63, 3.8) is 0 Å². The Bertz CT molecular complexity index is 15.7. The van der Waals surface area contributed by atoms with E-state index in [0.717, 1.165) is 0 Å². The molecule has 0 aromatic carbocycles. The zero-order valence-corrected chi connectivity index (χ0v) is 10.7. The molecule has 0 aromatic rings. The van der Waals surface area contributed by atoms with Gasteiger partial charge in [0.1, 0.15) is 6.29 Å². The zero-order valence-electron chi connectivity index (χ0n) is 3.70. The largest absolute Gasteiger partial charge is 0.368 e. The predicted octanol–water partition coefficient (Wildman–Crippen LogP) is 1.17. The van der Waals surface area contributed by atoms with Crippen LogP contribution in [0.15, 0.2) is 0 Å². The first-order chi connectivity index (χ1) is 1.73. The van der Waals surface area contributed by atoms with Crippen LogP contribution in [0, 0.1) is 0 Å². The summed E-state index contributed by atoms with van der Waals surface area (Å²) < 4.78 is 0. The first-order valence-electron chi connectivity index (χ1n) is 1.09. The Morgan fingerprint density at radius 1 is 1.00 bits per heavy atom. The van der Waals surface area contributed by atoms with Crippen LogP contribution in [0.25, 0.3) is 0 Å². The molecule has 2 nitrogen and oxygen atoms in total. The summed E-state index contributed by atoms with van der Waals surface area (Å²) in [6.07, 6.45) is -1.17. The van der Waals surface area contributed by atoms with Crippen LogP contribution in [0.4, 0.5) is 0 Å². The van der Waals surface area contributed by atoms with E-state index in [4.69, 9.17) is 10.2 Å². The number of hydrogen-bond acceptors (Lipinski definition) is 2. The van der Waals surface area contributed by atoms with Gasteiger partial charge in [0.15, 0.2) is 0 Å². The van der Waals surface area contributed by atoms with E-state index in [9.17, 15) is 0 Å². The molecule has 0 heterocycles. The van der Waals surface area contributed by atoms with Crippen molar-refractivity contribution in [3.05, 3.63) is 0 Å². The zero-order chi connectivity index (χ0) is 3.58. The summed E-state index contributed by atoms with van der Waals surface area (Å²) >= 11 is 0. The maximum absolute atomic E-state index is 7.61. The lowest BCUT2D eigenvalue weighted by atomic mass is 10.8. The molecule has 0 amide bonds. The minimum Gasteiger partial charge on any atom is -0.368 e. The second kappa shape index (κ2) is 15.7. The quantitative estimate of drug-likeness (QED) is 0.434. The van der Waals surface area contributed by atoms with Gasteiger partial charge in [0.25, 0.3) is 0 Å². The molecular formula is C2H9I3O2. The monoisotopic (exact) mass is 446 g/mol. The summed E-state index contributed by atoms with van der Waals surface area (Å²) in [6, 6.07) is 0. The lowest BCUT2D eigenvalue weighted by molar-refractivity contribution is -0.0228. The second-order valence-electron chi connectivity index (χ2n) is 0.632. The third-order valence-electron chi connectivity index (χ3n) is 0. The topological polar surface area (TPSA) is 40.5 Å². The van der Waals surface area contributed by atoms with Gasteiger partial charge in [-0.25, -0.2) is 0 Å². The molecule has 0 atom stereocenters. The molecule has 0 aliphatic rings. The lowest BCUT2D eigenvalue weighted by Gasteiger charge is -1.80. The van der Waals surface area contributed by atoms with Crippen LogP contribution in [0.5, 0.6) is 0 Å². The number of hydrogen-bond donors (Lipinski definition) is 2. The van der Waals surface area contributed by atoms with E-state index in [1.807, 2.05) is 0 Å². The number of aliphatic hydroxyl groups excluding tert-OH is 1. The van der Waals surface area contributed by atoms with Crippen molar-refractivity contribution in [1.29, 1.82) is 0 Å². The van der Waals surface area contributed by atoms with Gasteiger partial charge in [-0.1, -0.05) is 0 Å². The molecular weight excluding hydrogens is 437 g/mol. The summed E-state index contributed by atoms with van der Waals surface area (Å²) in [5.41, 5.74) is 0. The van der Waals surface area contributed by atoms with Gasteiger partial charge in [0, 0.05) is 0 Å². The molecule has 0 saturated carbocycles. The van der Waals surface area contributed by atoms with Crippen LogP contribution in [-0.4, -0.2) is 16.5 Å². The highest BCUT2D eigenvalue weighted by Crippen LogP contribution is 1.57. The van der Waals surface area contributed by atoms with Gasteiger partial charge in [0.05, 0.1) is 0 Å². The maximum atomic E-state index is 7.61. The minimum atomic E-state index is -1.17. The molecule has 0 radical (unpaired) electrons. The lowest BCUT2D eigenvalue weighted by Crippen LogP contribution is -1.92. The summed E-state index contributed by atoms with van der Waals surface area (Å²) in [7, 11) is 0. The Labute approximate surface area is 94.1 Å². The fraction of sp³-hybridized carbons (Fsp3) is 1.00. The van der Waals surface area contributed by atoms with E-state index >= 15 is 0 Å². The molecule has 0 unspecified atom stereocenters. The molecule has 50 valence electrons. The molecule has 0 aliphatic heterocycles. The molecule has 0 fully saturated rings. The number of rotatable bonds is 0. The Kier molecular flexibility index (Phi) is 51.5. The SMILES string of the molecule is CC(O)O.I.I.I. The van der Waals surface area contributed by atoms with Gasteiger partial charge in [-0.3, -0.25) is 0 Å². The van der Waals surface area contributed by atoms with Gasteiger partial charge >= 0.3 is 0 Å². The molecule has 5 heteroatoms. The van der Waals surface area contributed by atoms with E-state index in [1.54, 1.807) is 0 Å². The highest BCUT2D eigenvalue weighted by atomic mass is 127. The average Bonchev–Trinajstić information content (AvgIpc) is 0.811. The average molecular weight is 446 g/mol. The normalized spacial score (nSPS) is 5.14. The Morgan fingerprint density at radius 2 is 1.00 bits per heavy atom. The third-order valence-corrected chi connectivity index (χ3v) is 0. The van der Waals surface area contributed by atoms with Crippen molar-refractivity contribution in [2.45, 2.75) is 13.2 Å². The third kappa shape index (κ3) is 68.0. The smallest absolute Gasteiger partial charge is 0.148 e. The van der Waals surface area contributed by atoms with E-state index in [2.05, 4.69) is 0 Å². The van der Waals surface area contributed by atoms with Crippen molar-refractivity contribution in [3.8, 4) is 0 Å². The summed E-state index contributed by atoms with van der Waals surface area (Å²) in [6.45, 7) is 1.28. The first-order valence-corrected chi connectivity index (χ1v) is 1.09. The molecule has 0 aliphatic carbocycles. The summed E-state index contributed by atoms with van der Waals surface area (Å²) in [4.78, 5) is 0. The standard InChI is InChI=1S/C2H6O2.3HI/c1-2(3)4;;;/h2-4H,1H3;3*1H. The molecule has 7 heavy (non-hydrogen) atoms. The molecule has 0 saturated heterocycles. The molecule has 0 aromatic heterocycles. The van der Waals surface area contributed by atoms with Gasteiger partial charge in [-0.2, -0.15) is 0 Å². The fourth-order valence-electron chi connectivity index (χ4n) is 0. The van der Waals surface area contributed by atoms with E-state index in [1.165, 1.54) is 6.92 Å². The highest BCUT2D eigenvalue weighted by molar-refractivity contribution is 14.0. The first kappa shape index (κ1) is 22.9. The van der Waals surface area contributed by atoms with Crippen LogP contribution >= 0.6 is 71.9 Å². The summed E-state index contributed by atoms with van der Waals surface area (Å²) in [5.74, 6) is 0. The predicted molar refractivity (Wildman–Crippen MR) is 60.1 cm³/mol. The molecule has 0 spiro atoms. The maximum Gasteiger partial charge on any atom is 0.148 e. The number of aliphatic hydroxyl groups is 2. The van der Waals surface area contributed by atoms with Crippen molar-refractivity contribution in [2.75, 3.05) is 0 Å². The Morgan fingerprint density at radius 3 is 1.00 bits per heavy atom.